The maximum Gasteiger partial charge on any atom is 0.305 e. The number of rotatable bonds is 5. The van der Waals surface area contributed by atoms with Gasteiger partial charge in [0.25, 0.3) is 0 Å². The molecule has 0 atom stereocenters. The van der Waals surface area contributed by atoms with Crippen LogP contribution in [0.1, 0.15) is 13.3 Å². The van der Waals surface area contributed by atoms with Crippen molar-refractivity contribution in [3.63, 3.8) is 0 Å². The monoisotopic (exact) mass is 214 g/mol. The van der Waals surface area contributed by atoms with E-state index in [1.54, 1.807) is 11.8 Å². The lowest BCUT2D eigenvalue weighted by atomic mass is 10.3. The van der Waals surface area contributed by atoms with E-state index < -0.39 is 0 Å². The van der Waals surface area contributed by atoms with E-state index in [0.717, 1.165) is 39.1 Å². The molecule has 0 saturated carbocycles. The van der Waals surface area contributed by atoms with Gasteiger partial charge in [-0.3, -0.25) is 14.5 Å². The van der Waals surface area contributed by atoms with Gasteiger partial charge in [0, 0.05) is 39.1 Å². The van der Waals surface area contributed by atoms with Crippen LogP contribution in [0.5, 0.6) is 0 Å². The second kappa shape index (κ2) is 6.40. The van der Waals surface area contributed by atoms with E-state index in [-0.39, 0.29) is 5.97 Å². The molecule has 1 aliphatic heterocycles. The van der Waals surface area contributed by atoms with E-state index in [1.807, 2.05) is 0 Å². The molecule has 1 aliphatic rings. The number of ether oxygens (including phenoxy) is 1. The summed E-state index contributed by atoms with van der Waals surface area (Å²) in [5.41, 5.74) is 0. The molecule has 1 rings (SSSR count). The zero-order valence-corrected chi connectivity index (χ0v) is 9.15. The van der Waals surface area contributed by atoms with Crippen molar-refractivity contribution in [3.05, 3.63) is 0 Å². The van der Waals surface area contributed by atoms with Crippen molar-refractivity contribution in [1.29, 1.82) is 0 Å². The van der Waals surface area contributed by atoms with Crippen LogP contribution >= 0.6 is 0 Å². The Labute approximate surface area is 90.0 Å². The van der Waals surface area contributed by atoms with Gasteiger partial charge in [-0.15, -0.1) is 0 Å². The average Bonchev–Trinajstić information content (AvgIpc) is 2.29. The molecule has 0 N–H and O–H groups in total. The van der Waals surface area contributed by atoms with Crippen LogP contribution in [0.15, 0.2) is 0 Å². The molecule has 0 radical (unpaired) electrons. The Bertz CT molecular complexity index is 213. The van der Waals surface area contributed by atoms with Crippen molar-refractivity contribution in [2.24, 2.45) is 0 Å². The molecule has 1 amide bonds. The molecule has 1 fully saturated rings. The number of carbonyl (C=O) groups is 2. The highest BCUT2D eigenvalue weighted by Gasteiger charge is 2.14. The van der Waals surface area contributed by atoms with Gasteiger partial charge in [0.15, 0.2) is 0 Å². The van der Waals surface area contributed by atoms with Gasteiger partial charge in [-0.25, -0.2) is 0 Å². The molecule has 0 spiro atoms. The maximum absolute atomic E-state index is 10.9. The highest BCUT2D eigenvalue weighted by molar-refractivity contribution is 5.68. The zero-order chi connectivity index (χ0) is 11.1. The molecule has 1 saturated heterocycles. The van der Waals surface area contributed by atoms with Gasteiger partial charge in [-0.1, -0.05) is 6.92 Å². The summed E-state index contributed by atoms with van der Waals surface area (Å²) in [4.78, 5) is 25.3. The molecule has 0 aromatic carbocycles. The largest absolute Gasteiger partial charge is 0.464 e. The highest BCUT2D eigenvalue weighted by Crippen LogP contribution is 1.99. The summed E-state index contributed by atoms with van der Waals surface area (Å²) in [6.45, 7) is 6.26. The molecule has 86 valence electrons. The summed E-state index contributed by atoms with van der Waals surface area (Å²) in [7, 11) is 0. The molecule has 15 heavy (non-hydrogen) atoms. The van der Waals surface area contributed by atoms with Crippen molar-refractivity contribution in [1.82, 2.24) is 9.80 Å². The van der Waals surface area contributed by atoms with Crippen LogP contribution in [0.3, 0.4) is 0 Å². The predicted molar refractivity (Wildman–Crippen MR) is 55.3 cm³/mol. The topological polar surface area (TPSA) is 49.9 Å². The normalized spacial score (nSPS) is 17.5. The van der Waals surface area contributed by atoms with E-state index in [1.165, 1.54) is 0 Å². The van der Waals surface area contributed by atoms with E-state index >= 15 is 0 Å². The number of nitrogens with zero attached hydrogens (tertiary/aromatic N) is 2. The minimum atomic E-state index is -0.151. The molecule has 5 heteroatoms. The number of carbonyl (C=O) groups excluding carboxylic acids is 2. The summed E-state index contributed by atoms with van der Waals surface area (Å²) < 4.78 is 4.98. The third-order valence-electron chi connectivity index (χ3n) is 2.52. The van der Waals surface area contributed by atoms with Crippen LogP contribution in [0.2, 0.25) is 0 Å². The zero-order valence-electron chi connectivity index (χ0n) is 9.15. The summed E-state index contributed by atoms with van der Waals surface area (Å²) in [5.74, 6) is -0.151. The van der Waals surface area contributed by atoms with Crippen molar-refractivity contribution in [3.8, 4) is 0 Å². The fourth-order valence-electron chi connectivity index (χ4n) is 1.48. The Kier molecular flexibility index (Phi) is 5.10. The second-order valence-corrected chi connectivity index (χ2v) is 3.56. The molecule has 0 aromatic rings. The van der Waals surface area contributed by atoms with Crippen molar-refractivity contribution >= 4 is 12.4 Å². The lowest BCUT2D eigenvalue weighted by Crippen LogP contribution is -2.46. The maximum atomic E-state index is 10.9. The van der Waals surface area contributed by atoms with E-state index in [0.29, 0.717) is 13.0 Å². The number of hydrogen-bond acceptors (Lipinski definition) is 4. The minimum Gasteiger partial charge on any atom is -0.464 e. The van der Waals surface area contributed by atoms with Crippen molar-refractivity contribution in [2.45, 2.75) is 13.3 Å². The third kappa shape index (κ3) is 4.29. The molecule has 0 aromatic heterocycles. The second-order valence-electron chi connectivity index (χ2n) is 3.56. The molecule has 0 unspecified atom stereocenters. The fraction of sp³-hybridized carbons (Fsp3) is 0.800. The van der Waals surface area contributed by atoms with Crippen LogP contribution in [0.25, 0.3) is 0 Å². The van der Waals surface area contributed by atoms with Gasteiger partial charge in [-0.2, -0.15) is 0 Å². The predicted octanol–water partition coefficient (Wildman–Crippen LogP) is -0.286. The fourth-order valence-corrected chi connectivity index (χ4v) is 1.48. The number of hydrogen-bond donors (Lipinski definition) is 0. The Morgan fingerprint density at radius 1 is 1.33 bits per heavy atom. The standard InChI is InChI=1S/C10H18N2O3/c1-2-10(14)15-8-7-11-3-5-12(9-13)6-4-11/h9H,2-8H2,1H3. The number of esters is 1. The molecule has 0 bridgehead atoms. The van der Waals surface area contributed by atoms with E-state index in [4.69, 9.17) is 4.74 Å². The summed E-state index contributed by atoms with van der Waals surface area (Å²) in [5, 5.41) is 0. The van der Waals surface area contributed by atoms with Gasteiger partial charge in [-0.05, 0) is 0 Å². The molecule has 1 heterocycles. The Morgan fingerprint density at radius 2 is 2.00 bits per heavy atom. The number of piperazine rings is 1. The van der Waals surface area contributed by atoms with Crippen molar-refractivity contribution < 1.29 is 14.3 Å². The average molecular weight is 214 g/mol. The molecular formula is C10H18N2O3. The van der Waals surface area contributed by atoms with Gasteiger partial charge in [0.1, 0.15) is 6.61 Å². The lowest BCUT2D eigenvalue weighted by Gasteiger charge is -2.32. The minimum absolute atomic E-state index is 0.151. The smallest absolute Gasteiger partial charge is 0.305 e. The summed E-state index contributed by atoms with van der Waals surface area (Å²) in [6.07, 6.45) is 1.31. The van der Waals surface area contributed by atoms with Crippen LogP contribution in [-0.4, -0.2) is 61.5 Å². The van der Waals surface area contributed by atoms with Gasteiger partial charge in [0.2, 0.25) is 6.41 Å². The Balaban J connectivity index is 2.08. The van der Waals surface area contributed by atoms with E-state index in [2.05, 4.69) is 4.90 Å². The van der Waals surface area contributed by atoms with Crippen molar-refractivity contribution in [2.75, 3.05) is 39.3 Å². The first-order valence-corrected chi connectivity index (χ1v) is 5.33. The summed E-state index contributed by atoms with van der Waals surface area (Å²) >= 11 is 0. The lowest BCUT2D eigenvalue weighted by molar-refractivity contribution is -0.143. The van der Waals surface area contributed by atoms with Gasteiger partial charge in [0.05, 0.1) is 0 Å². The SMILES string of the molecule is CCC(=O)OCCN1CCN(C=O)CC1. The van der Waals surface area contributed by atoms with Gasteiger partial charge < -0.3 is 9.64 Å². The number of amides is 1. The van der Waals surface area contributed by atoms with Crippen LogP contribution in [0, 0.1) is 0 Å². The first kappa shape index (κ1) is 12.0. The third-order valence-corrected chi connectivity index (χ3v) is 2.52. The van der Waals surface area contributed by atoms with Crippen LogP contribution in [0.4, 0.5) is 0 Å². The quantitative estimate of drug-likeness (QED) is 0.466. The summed E-state index contributed by atoms with van der Waals surface area (Å²) in [6, 6.07) is 0. The van der Waals surface area contributed by atoms with E-state index in [9.17, 15) is 9.59 Å². The van der Waals surface area contributed by atoms with Crippen LogP contribution in [-0.2, 0) is 14.3 Å². The Hall–Kier alpha value is -1.10. The molecule has 5 nitrogen and oxygen atoms in total. The first-order valence-electron chi connectivity index (χ1n) is 5.33. The molecular weight excluding hydrogens is 196 g/mol. The first-order chi connectivity index (χ1) is 7.26. The van der Waals surface area contributed by atoms with Gasteiger partial charge >= 0.3 is 5.97 Å². The highest BCUT2D eigenvalue weighted by atomic mass is 16.5. The molecule has 0 aliphatic carbocycles. The van der Waals surface area contributed by atoms with Crippen LogP contribution < -0.4 is 0 Å². The Morgan fingerprint density at radius 3 is 2.53 bits per heavy atom.